The molecule has 0 aromatic carbocycles. The smallest absolute Gasteiger partial charge is 0.131 e. The zero-order chi connectivity index (χ0) is 9.26. The maximum absolute atomic E-state index is 5.83. The van der Waals surface area contributed by atoms with E-state index in [9.17, 15) is 0 Å². The number of nitrogens with zero attached hydrogens (tertiary/aromatic N) is 1. The van der Waals surface area contributed by atoms with Crippen molar-refractivity contribution in [1.82, 2.24) is 4.98 Å². The molecular formula is C9H12ClN3. The van der Waals surface area contributed by atoms with Gasteiger partial charge in [0.2, 0.25) is 0 Å². The van der Waals surface area contributed by atoms with Crippen molar-refractivity contribution in [1.29, 1.82) is 0 Å². The molecule has 13 heavy (non-hydrogen) atoms. The molecule has 0 unspecified atom stereocenters. The van der Waals surface area contributed by atoms with Crippen molar-refractivity contribution in [3.63, 3.8) is 0 Å². The Kier molecular flexibility index (Phi) is 2.38. The molecule has 1 aliphatic carbocycles. The standard InChI is InChI=1S/C9H12ClN3/c10-8-3-6(5-11)4-9(13-8)12-7-1-2-7/h3-4,7H,1-2,5,11H2,(H,12,13). The molecule has 0 aliphatic heterocycles. The van der Waals surface area contributed by atoms with E-state index >= 15 is 0 Å². The SMILES string of the molecule is NCc1cc(Cl)nc(NC2CC2)c1. The van der Waals surface area contributed by atoms with Crippen molar-refractivity contribution in [3.05, 3.63) is 22.8 Å². The molecule has 1 aromatic heterocycles. The maximum Gasteiger partial charge on any atom is 0.131 e. The second kappa shape index (κ2) is 3.52. The Bertz CT molecular complexity index is 310. The molecule has 70 valence electrons. The molecule has 0 bridgehead atoms. The summed E-state index contributed by atoms with van der Waals surface area (Å²) in [4.78, 5) is 4.16. The van der Waals surface area contributed by atoms with E-state index in [1.54, 1.807) is 6.07 Å². The van der Waals surface area contributed by atoms with E-state index in [1.165, 1.54) is 12.8 Å². The first-order chi connectivity index (χ1) is 6.28. The maximum atomic E-state index is 5.83. The molecule has 0 radical (unpaired) electrons. The van der Waals surface area contributed by atoms with Crippen molar-refractivity contribution in [2.45, 2.75) is 25.4 Å². The number of halogens is 1. The van der Waals surface area contributed by atoms with E-state index in [4.69, 9.17) is 17.3 Å². The molecule has 1 heterocycles. The Balaban J connectivity index is 2.17. The quantitative estimate of drug-likeness (QED) is 0.727. The monoisotopic (exact) mass is 197 g/mol. The van der Waals surface area contributed by atoms with Crippen LogP contribution in [0.4, 0.5) is 5.82 Å². The van der Waals surface area contributed by atoms with Crippen LogP contribution in [0.25, 0.3) is 0 Å². The van der Waals surface area contributed by atoms with Gasteiger partial charge in [-0.25, -0.2) is 4.98 Å². The summed E-state index contributed by atoms with van der Waals surface area (Å²) in [6.07, 6.45) is 2.46. The molecule has 2 rings (SSSR count). The molecule has 1 fully saturated rings. The van der Waals surface area contributed by atoms with Crippen molar-refractivity contribution in [3.8, 4) is 0 Å². The zero-order valence-electron chi connectivity index (χ0n) is 7.26. The van der Waals surface area contributed by atoms with E-state index in [2.05, 4.69) is 10.3 Å². The van der Waals surface area contributed by atoms with Gasteiger partial charge in [0.1, 0.15) is 11.0 Å². The minimum absolute atomic E-state index is 0.502. The predicted molar refractivity (Wildman–Crippen MR) is 53.8 cm³/mol. The van der Waals surface area contributed by atoms with Gasteiger partial charge in [0, 0.05) is 12.6 Å². The van der Waals surface area contributed by atoms with Crippen LogP contribution in [-0.4, -0.2) is 11.0 Å². The van der Waals surface area contributed by atoms with Gasteiger partial charge in [0.05, 0.1) is 0 Å². The first kappa shape index (κ1) is 8.78. The number of nitrogens with two attached hydrogens (primary N) is 1. The Morgan fingerprint density at radius 1 is 1.54 bits per heavy atom. The number of rotatable bonds is 3. The fourth-order valence-corrected chi connectivity index (χ4v) is 1.41. The lowest BCUT2D eigenvalue weighted by Crippen LogP contribution is -2.05. The second-order valence-electron chi connectivity index (χ2n) is 3.31. The van der Waals surface area contributed by atoms with Gasteiger partial charge >= 0.3 is 0 Å². The first-order valence-corrected chi connectivity index (χ1v) is 4.79. The summed E-state index contributed by atoms with van der Waals surface area (Å²) in [7, 11) is 0. The highest BCUT2D eigenvalue weighted by Crippen LogP contribution is 2.24. The number of nitrogens with one attached hydrogen (secondary N) is 1. The van der Waals surface area contributed by atoms with Crippen molar-refractivity contribution >= 4 is 17.4 Å². The fourth-order valence-electron chi connectivity index (χ4n) is 1.18. The van der Waals surface area contributed by atoms with E-state index in [0.717, 1.165) is 11.4 Å². The van der Waals surface area contributed by atoms with Gasteiger partial charge in [-0.2, -0.15) is 0 Å². The largest absolute Gasteiger partial charge is 0.367 e. The second-order valence-corrected chi connectivity index (χ2v) is 3.69. The van der Waals surface area contributed by atoms with Crippen LogP contribution in [0, 0.1) is 0 Å². The number of aromatic nitrogens is 1. The third-order valence-electron chi connectivity index (χ3n) is 2.02. The summed E-state index contributed by atoms with van der Waals surface area (Å²) in [5.41, 5.74) is 6.54. The van der Waals surface area contributed by atoms with E-state index in [0.29, 0.717) is 17.7 Å². The van der Waals surface area contributed by atoms with Gasteiger partial charge in [-0.15, -0.1) is 0 Å². The van der Waals surface area contributed by atoms with Crippen molar-refractivity contribution in [2.75, 3.05) is 5.32 Å². The first-order valence-electron chi connectivity index (χ1n) is 4.41. The molecule has 0 spiro atoms. The molecular weight excluding hydrogens is 186 g/mol. The minimum Gasteiger partial charge on any atom is -0.367 e. The molecule has 0 atom stereocenters. The normalized spacial score (nSPS) is 15.8. The van der Waals surface area contributed by atoms with Gasteiger partial charge < -0.3 is 11.1 Å². The molecule has 0 saturated heterocycles. The van der Waals surface area contributed by atoms with Crippen LogP contribution in [-0.2, 0) is 6.54 Å². The third kappa shape index (κ3) is 2.32. The van der Waals surface area contributed by atoms with Gasteiger partial charge in [-0.1, -0.05) is 11.6 Å². The fraction of sp³-hybridized carbons (Fsp3) is 0.444. The Labute approximate surface area is 82.3 Å². The molecule has 1 saturated carbocycles. The lowest BCUT2D eigenvalue weighted by Gasteiger charge is -2.05. The lowest BCUT2D eigenvalue weighted by molar-refractivity contribution is 1.04. The number of hydrogen-bond donors (Lipinski definition) is 2. The van der Waals surface area contributed by atoms with Crippen LogP contribution in [0.3, 0.4) is 0 Å². The topological polar surface area (TPSA) is 50.9 Å². The predicted octanol–water partition coefficient (Wildman–Crippen LogP) is 1.77. The highest BCUT2D eigenvalue weighted by Gasteiger charge is 2.21. The summed E-state index contributed by atoms with van der Waals surface area (Å²) < 4.78 is 0. The van der Waals surface area contributed by atoms with Gasteiger partial charge in [0.25, 0.3) is 0 Å². The van der Waals surface area contributed by atoms with Crippen LogP contribution < -0.4 is 11.1 Å². The van der Waals surface area contributed by atoms with E-state index < -0.39 is 0 Å². The average molecular weight is 198 g/mol. The van der Waals surface area contributed by atoms with Crippen molar-refractivity contribution in [2.24, 2.45) is 5.73 Å². The highest BCUT2D eigenvalue weighted by atomic mass is 35.5. The van der Waals surface area contributed by atoms with Crippen molar-refractivity contribution < 1.29 is 0 Å². The van der Waals surface area contributed by atoms with Gasteiger partial charge in [-0.3, -0.25) is 0 Å². The molecule has 4 heteroatoms. The van der Waals surface area contributed by atoms with Gasteiger partial charge in [0.15, 0.2) is 0 Å². The molecule has 3 nitrogen and oxygen atoms in total. The Morgan fingerprint density at radius 3 is 2.92 bits per heavy atom. The van der Waals surface area contributed by atoms with Crippen LogP contribution in [0.15, 0.2) is 12.1 Å². The average Bonchev–Trinajstić information content (AvgIpc) is 2.87. The molecule has 3 N–H and O–H groups in total. The van der Waals surface area contributed by atoms with Crippen LogP contribution in [0.1, 0.15) is 18.4 Å². The third-order valence-corrected chi connectivity index (χ3v) is 2.21. The van der Waals surface area contributed by atoms with E-state index in [1.807, 2.05) is 6.07 Å². The van der Waals surface area contributed by atoms with Gasteiger partial charge in [-0.05, 0) is 30.5 Å². The number of hydrogen-bond acceptors (Lipinski definition) is 3. The summed E-state index contributed by atoms with van der Waals surface area (Å²) >= 11 is 5.83. The van der Waals surface area contributed by atoms with Crippen LogP contribution in [0.5, 0.6) is 0 Å². The summed E-state index contributed by atoms with van der Waals surface area (Å²) in [6.45, 7) is 0.502. The summed E-state index contributed by atoms with van der Waals surface area (Å²) in [5, 5.41) is 3.79. The molecule has 1 aromatic rings. The minimum atomic E-state index is 0.502. The molecule has 0 amide bonds. The highest BCUT2D eigenvalue weighted by molar-refractivity contribution is 6.29. The molecule has 1 aliphatic rings. The lowest BCUT2D eigenvalue weighted by atomic mass is 10.2. The summed E-state index contributed by atoms with van der Waals surface area (Å²) in [6, 6.07) is 4.33. The van der Waals surface area contributed by atoms with Crippen LogP contribution in [0.2, 0.25) is 5.15 Å². The van der Waals surface area contributed by atoms with Crippen LogP contribution >= 0.6 is 11.6 Å². The summed E-state index contributed by atoms with van der Waals surface area (Å²) in [5.74, 6) is 0.843. The van der Waals surface area contributed by atoms with E-state index in [-0.39, 0.29) is 0 Å². The Hall–Kier alpha value is -0.800. The number of anilines is 1. The Morgan fingerprint density at radius 2 is 2.31 bits per heavy atom. The number of pyridine rings is 1. The zero-order valence-corrected chi connectivity index (χ0v) is 8.01.